The second kappa shape index (κ2) is 8.59. The van der Waals surface area contributed by atoms with Gasteiger partial charge in [0.1, 0.15) is 5.82 Å². The van der Waals surface area contributed by atoms with E-state index in [1.807, 2.05) is 13.8 Å². The van der Waals surface area contributed by atoms with Crippen molar-refractivity contribution in [2.75, 3.05) is 11.9 Å². The third-order valence-electron chi connectivity index (χ3n) is 2.84. The van der Waals surface area contributed by atoms with E-state index in [0.29, 0.717) is 0 Å². The number of carbonyl (C=O) groups is 2. The molecule has 4 N–H and O–H groups in total. The van der Waals surface area contributed by atoms with Gasteiger partial charge in [-0.1, -0.05) is 19.9 Å². The first kappa shape index (κ1) is 19.3. The summed E-state index contributed by atoms with van der Waals surface area (Å²) in [6.45, 7) is 5.17. The van der Waals surface area contributed by atoms with Crippen LogP contribution in [0, 0.1) is 18.7 Å². The van der Waals surface area contributed by atoms with E-state index in [2.05, 4.69) is 10.6 Å². The van der Waals surface area contributed by atoms with Gasteiger partial charge in [0.25, 0.3) is 0 Å². The molecular formula is C14H21ClFN3O2. The van der Waals surface area contributed by atoms with E-state index in [0.717, 1.165) is 5.56 Å². The largest absolute Gasteiger partial charge is 0.346 e. The number of halogens is 2. The van der Waals surface area contributed by atoms with Crippen molar-refractivity contribution in [2.45, 2.75) is 26.8 Å². The normalized spacial score (nSPS) is 11.5. The van der Waals surface area contributed by atoms with Crippen LogP contribution in [0.3, 0.4) is 0 Å². The minimum Gasteiger partial charge on any atom is -0.346 e. The van der Waals surface area contributed by atoms with Crippen molar-refractivity contribution in [3.05, 3.63) is 29.6 Å². The van der Waals surface area contributed by atoms with Gasteiger partial charge in [-0.3, -0.25) is 9.59 Å². The van der Waals surface area contributed by atoms with Crippen LogP contribution in [-0.4, -0.2) is 24.4 Å². The number of aryl methyl sites for hydroxylation is 1. The summed E-state index contributed by atoms with van der Waals surface area (Å²) in [7, 11) is 0. The van der Waals surface area contributed by atoms with Crippen molar-refractivity contribution in [1.82, 2.24) is 5.32 Å². The predicted octanol–water partition coefficient (Wildman–Crippen LogP) is 1.59. The molecule has 5 nitrogen and oxygen atoms in total. The monoisotopic (exact) mass is 317 g/mol. The fraction of sp³-hybridized carbons (Fsp3) is 0.429. The molecule has 0 unspecified atom stereocenters. The molecule has 0 heterocycles. The Labute approximate surface area is 129 Å². The number of rotatable bonds is 5. The fourth-order valence-corrected chi connectivity index (χ4v) is 1.52. The van der Waals surface area contributed by atoms with Gasteiger partial charge in [-0.2, -0.15) is 0 Å². The standard InChI is InChI=1S/C14H20FN3O2.ClH/c1-8(2)13(16)14(20)17-7-12(19)18-11-6-9(3)4-5-10(11)15;/h4-6,8,13H,7,16H2,1-3H3,(H,17,20)(H,18,19);1H/t13-;/m0./s1. The van der Waals surface area contributed by atoms with Crippen molar-refractivity contribution in [2.24, 2.45) is 11.7 Å². The van der Waals surface area contributed by atoms with Crippen molar-refractivity contribution in [1.29, 1.82) is 0 Å². The van der Waals surface area contributed by atoms with Crippen LogP contribution in [0.25, 0.3) is 0 Å². The molecule has 0 saturated heterocycles. The first-order valence-electron chi connectivity index (χ1n) is 6.40. The van der Waals surface area contributed by atoms with Gasteiger partial charge >= 0.3 is 0 Å². The molecule has 0 saturated carbocycles. The molecule has 0 aliphatic heterocycles. The Bertz CT molecular complexity index is 509. The van der Waals surface area contributed by atoms with Gasteiger partial charge in [-0.15, -0.1) is 12.4 Å². The number of hydrogen-bond donors (Lipinski definition) is 3. The van der Waals surface area contributed by atoms with Gasteiger partial charge in [-0.25, -0.2) is 4.39 Å². The SMILES string of the molecule is Cc1ccc(F)c(NC(=O)CNC(=O)[C@@H](N)C(C)C)c1.Cl. The van der Waals surface area contributed by atoms with Crippen molar-refractivity contribution in [3.8, 4) is 0 Å². The van der Waals surface area contributed by atoms with E-state index < -0.39 is 23.7 Å². The third kappa shape index (κ3) is 6.10. The highest BCUT2D eigenvalue weighted by Crippen LogP contribution is 2.15. The van der Waals surface area contributed by atoms with E-state index in [9.17, 15) is 14.0 Å². The van der Waals surface area contributed by atoms with Gasteiger partial charge in [0.2, 0.25) is 11.8 Å². The van der Waals surface area contributed by atoms with Gasteiger partial charge in [0, 0.05) is 0 Å². The summed E-state index contributed by atoms with van der Waals surface area (Å²) in [6.07, 6.45) is 0. The first-order chi connectivity index (χ1) is 9.31. The maximum absolute atomic E-state index is 13.4. The number of anilines is 1. The number of nitrogens with two attached hydrogens (primary N) is 1. The van der Waals surface area contributed by atoms with E-state index in [-0.39, 0.29) is 30.6 Å². The average molecular weight is 318 g/mol. The Morgan fingerprint density at radius 1 is 1.33 bits per heavy atom. The summed E-state index contributed by atoms with van der Waals surface area (Å²) in [6, 6.07) is 3.74. The van der Waals surface area contributed by atoms with Crippen LogP contribution < -0.4 is 16.4 Å². The number of hydrogen-bond acceptors (Lipinski definition) is 3. The topological polar surface area (TPSA) is 84.2 Å². The Morgan fingerprint density at radius 3 is 2.52 bits per heavy atom. The highest BCUT2D eigenvalue weighted by Gasteiger charge is 2.17. The molecule has 0 aliphatic carbocycles. The fourth-order valence-electron chi connectivity index (χ4n) is 1.52. The van der Waals surface area contributed by atoms with Crippen LogP contribution in [0.5, 0.6) is 0 Å². The van der Waals surface area contributed by atoms with Crippen molar-refractivity contribution < 1.29 is 14.0 Å². The van der Waals surface area contributed by atoms with Crippen LogP contribution in [0.1, 0.15) is 19.4 Å². The molecule has 0 spiro atoms. The zero-order chi connectivity index (χ0) is 15.3. The smallest absolute Gasteiger partial charge is 0.243 e. The lowest BCUT2D eigenvalue weighted by Crippen LogP contribution is -2.46. The van der Waals surface area contributed by atoms with Crippen molar-refractivity contribution in [3.63, 3.8) is 0 Å². The molecule has 2 amide bonds. The minimum atomic E-state index is -0.668. The summed E-state index contributed by atoms with van der Waals surface area (Å²) in [5.41, 5.74) is 6.56. The number of carbonyl (C=O) groups excluding carboxylic acids is 2. The number of benzene rings is 1. The Kier molecular flexibility index (Phi) is 7.91. The zero-order valence-electron chi connectivity index (χ0n) is 12.3. The first-order valence-corrected chi connectivity index (χ1v) is 6.40. The van der Waals surface area contributed by atoms with Crippen LogP contribution in [0.4, 0.5) is 10.1 Å². The molecule has 0 bridgehead atoms. The highest BCUT2D eigenvalue weighted by molar-refractivity contribution is 5.95. The predicted molar refractivity (Wildman–Crippen MR) is 82.8 cm³/mol. The average Bonchev–Trinajstić information content (AvgIpc) is 2.39. The zero-order valence-corrected chi connectivity index (χ0v) is 13.1. The summed E-state index contributed by atoms with van der Waals surface area (Å²) in [5, 5.41) is 4.82. The Hall–Kier alpha value is -1.66. The van der Waals surface area contributed by atoms with E-state index in [4.69, 9.17) is 5.73 Å². The molecule has 1 atom stereocenters. The van der Waals surface area contributed by atoms with Crippen LogP contribution in [-0.2, 0) is 9.59 Å². The van der Waals surface area contributed by atoms with Gasteiger partial charge in [-0.05, 0) is 30.5 Å². The quantitative estimate of drug-likeness (QED) is 0.771. The van der Waals surface area contributed by atoms with Gasteiger partial charge in [0.15, 0.2) is 0 Å². The molecule has 0 fully saturated rings. The molecule has 0 aromatic heterocycles. The van der Waals surface area contributed by atoms with Crippen LogP contribution in [0.2, 0.25) is 0 Å². The van der Waals surface area contributed by atoms with Gasteiger partial charge in [0.05, 0.1) is 18.3 Å². The number of amides is 2. The van der Waals surface area contributed by atoms with Crippen LogP contribution in [0.15, 0.2) is 18.2 Å². The van der Waals surface area contributed by atoms with Crippen LogP contribution >= 0.6 is 12.4 Å². The summed E-state index contributed by atoms with van der Waals surface area (Å²) in [4.78, 5) is 23.2. The lowest BCUT2D eigenvalue weighted by molar-refractivity contribution is -0.125. The van der Waals surface area contributed by atoms with E-state index >= 15 is 0 Å². The lowest BCUT2D eigenvalue weighted by atomic mass is 10.1. The van der Waals surface area contributed by atoms with Gasteiger partial charge < -0.3 is 16.4 Å². The molecule has 0 radical (unpaired) electrons. The molecule has 7 heteroatoms. The Morgan fingerprint density at radius 2 is 1.95 bits per heavy atom. The Balaban J connectivity index is 0.00000400. The maximum Gasteiger partial charge on any atom is 0.243 e. The maximum atomic E-state index is 13.4. The molecule has 0 aliphatic rings. The second-order valence-electron chi connectivity index (χ2n) is 5.02. The second-order valence-corrected chi connectivity index (χ2v) is 5.02. The van der Waals surface area contributed by atoms with E-state index in [1.165, 1.54) is 12.1 Å². The lowest BCUT2D eigenvalue weighted by Gasteiger charge is -2.15. The summed E-state index contributed by atoms with van der Waals surface area (Å²) >= 11 is 0. The molecule has 1 aromatic rings. The minimum absolute atomic E-state index is 0. The summed E-state index contributed by atoms with van der Waals surface area (Å²) in [5.74, 6) is -1.44. The molecule has 21 heavy (non-hydrogen) atoms. The molecule has 1 rings (SSSR count). The van der Waals surface area contributed by atoms with E-state index in [1.54, 1.807) is 13.0 Å². The highest BCUT2D eigenvalue weighted by atomic mass is 35.5. The molecule has 118 valence electrons. The molecular weight excluding hydrogens is 297 g/mol. The summed E-state index contributed by atoms with van der Waals surface area (Å²) < 4.78 is 13.4. The van der Waals surface area contributed by atoms with Crippen molar-refractivity contribution >= 4 is 29.9 Å². The number of nitrogens with one attached hydrogen (secondary N) is 2. The third-order valence-corrected chi connectivity index (χ3v) is 2.84. The molecule has 1 aromatic carbocycles.